The van der Waals surface area contributed by atoms with Crippen LogP contribution in [-0.2, 0) is 0 Å². The predicted molar refractivity (Wildman–Crippen MR) is 92.5 cm³/mol. The Balaban J connectivity index is 2.65. The minimum absolute atomic E-state index is 0.548. The Bertz CT molecular complexity index is 452. The van der Waals surface area contributed by atoms with Gasteiger partial charge in [0.1, 0.15) is 0 Å². The molecule has 0 spiro atoms. The van der Waals surface area contributed by atoms with Crippen LogP contribution in [0.3, 0.4) is 0 Å². The molecule has 0 amide bonds. The normalized spacial score (nSPS) is 10.0. The van der Waals surface area contributed by atoms with Crippen molar-refractivity contribution in [2.75, 3.05) is 5.32 Å². The van der Waals surface area contributed by atoms with Crippen molar-refractivity contribution < 1.29 is 0 Å². The molecule has 1 aromatic rings. The van der Waals surface area contributed by atoms with Crippen molar-refractivity contribution in [1.82, 2.24) is 5.43 Å². The Hall–Kier alpha value is -1.42. The number of nitrogens with zero attached hydrogens (tertiary/aromatic N) is 1. The third-order valence-electron chi connectivity index (χ3n) is 3.11. The van der Waals surface area contributed by atoms with Gasteiger partial charge < -0.3 is 5.32 Å². The van der Waals surface area contributed by atoms with E-state index >= 15 is 0 Å². The van der Waals surface area contributed by atoms with Gasteiger partial charge in [0.2, 0.25) is 0 Å². The fourth-order valence-electron chi connectivity index (χ4n) is 2.10. The second-order valence-electron chi connectivity index (χ2n) is 5.01. The molecule has 110 valence electrons. The van der Waals surface area contributed by atoms with Crippen molar-refractivity contribution in [2.24, 2.45) is 5.10 Å². The van der Waals surface area contributed by atoms with Crippen molar-refractivity contribution in [3.05, 3.63) is 29.3 Å². The van der Waals surface area contributed by atoms with E-state index in [4.69, 9.17) is 12.2 Å². The Morgan fingerprint density at radius 1 is 1.10 bits per heavy atom. The van der Waals surface area contributed by atoms with Gasteiger partial charge in [-0.1, -0.05) is 44.9 Å². The smallest absolute Gasteiger partial charge is 0.191 e. The van der Waals surface area contributed by atoms with E-state index in [2.05, 4.69) is 55.7 Å². The summed E-state index contributed by atoms with van der Waals surface area (Å²) in [6.45, 7) is 8.47. The molecular formula is C16H25N3S. The molecule has 20 heavy (non-hydrogen) atoms. The molecule has 0 atom stereocenters. The van der Waals surface area contributed by atoms with Crippen LogP contribution in [0.1, 0.15) is 50.7 Å². The van der Waals surface area contributed by atoms with Gasteiger partial charge in [-0.15, -0.1) is 0 Å². The first-order chi connectivity index (χ1) is 9.58. The lowest BCUT2D eigenvalue weighted by Crippen LogP contribution is -2.26. The van der Waals surface area contributed by atoms with Gasteiger partial charge in [-0.2, -0.15) is 5.10 Å². The van der Waals surface area contributed by atoms with E-state index in [1.165, 1.54) is 16.8 Å². The molecule has 0 heterocycles. The van der Waals surface area contributed by atoms with Gasteiger partial charge in [-0.3, -0.25) is 5.43 Å². The van der Waals surface area contributed by atoms with E-state index in [0.717, 1.165) is 31.4 Å². The molecule has 1 aromatic carbocycles. The van der Waals surface area contributed by atoms with Crippen LogP contribution in [0.2, 0.25) is 0 Å². The summed E-state index contributed by atoms with van der Waals surface area (Å²) in [5.41, 5.74) is 7.57. The molecule has 1 rings (SSSR count). The standard InChI is InChI=1S/C16H25N3S/c1-5-8-14(9-6-2)18-19-16(20)17-15-12(3)10-7-11-13(15)4/h7,10-11H,5-6,8-9H2,1-4H3,(H2,17,19,20). The Labute approximate surface area is 127 Å². The molecule has 0 aliphatic rings. The van der Waals surface area contributed by atoms with Crippen LogP contribution in [0.25, 0.3) is 0 Å². The van der Waals surface area contributed by atoms with Crippen molar-refractivity contribution in [1.29, 1.82) is 0 Å². The van der Waals surface area contributed by atoms with E-state index < -0.39 is 0 Å². The number of benzene rings is 1. The SMILES string of the molecule is CCCC(CCC)=NNC(=S)Nc1c(C)cccc1C. The number of rotatable bonds is 6. The number of aryl methyl sites for hydroxylation is 2. The second kappa shape index (κ2) is 8.69. The number of hydrogen-bond acceptors (Lipinski definition) is 2. The largest absolute Gasteiger partial charge is 0.331 e. The summed E-state index contributed by atoms with van der Waals surface area (Å²) in [5, 5.41) is 8.20. The van der Waals surface area contributed by atoms with Gasteiger partial charge in [-0.25, -0.2) is 0 Å². The minimum atomic E-state index is 0.548. The summed E-state index contributed by atoms with van der Waals surface area (Å²) in [6.07, 6.45) is 4.26. The summed E-state index contributed by atoms with van der Waals surface area (Å²) in [6, 6.07) is 6.19. The first-order valence-electron chi connectivity index (χ1n) is 7.27. The van der Waals surface area contributed by atoms with E-state index in [-0.39, 0.29) is 0 Å². The van der Waals surface area contributed by atoms with Gasteiger partial charge in [0.05, 0.1) is 0 Å². The maximum Gasteiger partial charge on any atom is 0.191 e. The highest BCUT2D eigenvalue weighted by molar-refractivity contribution is 7.80. The lowest BCUT2D eigenvalue weighted by molar-refractivity contribution is 0.884. The average Bonchev–Trinajstić information content (AvgIpc) is 2.41. The minimum Gasteiger partial charge on any atom is -0.331 e. The fourth-order valence-corrected chi connectivity index (χ4v) is 2.24. The van der Waals surface area contributed by atoms with Crippen LogP contribution in [0.5, 0.6) is 0 Å². The molecule has 3 nitrogen and oxygen atoms in total. The highest BCUT2D eigenvalue weighted by Crippen LogP contribution is 2.19. The van der Waals surface area contributed by atoms with E-state index in [1.807, 2.05) is 6.07 Å². The van der Waals surface area contributed by atoms with Crippen LogP contribution in [0.15, 0.2) is 23.3 Å². The summed E-state index contributed by atoms with van der Waals surface area (Å²) >= 11 is 5.31. The zero-order chi connectivity index (χ0) is 15.0. The molecular weight excluding hydrogens is 266 g/mol. The predicted octanol–water partition coefficient (Wildman–Crippen LogP) is 4.55. The third kappa shape index (κ3) is 5.29. The maximum absolute atomic E-state index is 5.31. The van der Waals surface area contributed by atoms with Crippen LogP contribution >= 0.6 is 12.2 Å². The zero-order valence-corrected chi connectivity index (χ0v) is 13.7. The molecule has 0 unspecified atom stereocenters. The fraction of sp³-hybridized carbons (Fsp3) is 0.500. The molecule has 0 aliphatic carbocycles. The van der Waals surface area contributed by atoms with Gasteiger partial charge in [0.25, 0.3) is 0 Å². The molecule has 0 fully saturated rings. The highest BCUT2D eigenvalue weighted by Gasteiger charge is 2.04. The second-order valence-corrected chi connectivity index (χ2v) is 5.42. The lowest BCUT2D eigenvalue weighted by atomic mass is 10.1. The number of thiocarbonyl (C=S) groups is 1. The molecule has 0 radical (unpaired) electrons. The summed E-state index contributed by atoms with van der Waals surface area (Å²) < 4.78 is 0. The topological polar surface area (TPSA) is 36.4 Å². The van der Waals surface area contributed by atoms with E-state index in [1.54, 1.807) is 0 Å². The summed E-state index contributed by atoms with van der Waals surface area (Å²) in [5.74, 6) is 0. The molecule has 0 aromatic heterocycles. The van der Waals surface area contributed by atoms with Gasteiger partial charge in [0, 0.05) is 11.4 Å². The molecule has 0 aliphatic heterocycles. The average molecular weight is 291 g/mol. The quantitative estimate of drug-likeness (QED) is 0.459. The number of anilines is 1. The Morgan fingerprint density at radius 2 is 1.65 bits per heavy atom. The van der Waals surface area contributed by atoms with Crippen molar-refractivity contribution in [2.45, 2.75) is 53.4 Å². The van der Waals surface area contributed by atoms with E-state index in [9.17, 15) is 0 Å². The summed E-state index contributed by atoms with van der Waals surface area (Å²) in [4.78, 5) is 0. The third-order valence-corrected chi connectivity index (χ3v) is 3.31. The Kier molecular flexibility index (Phi) is 7.23. The molecule has 0 bridgehead atoms. The van der Waals surface area contributed by atoms with Crippen molar-refractivity contribution >= 4 is 28.7 Å². The number of hydrazone groups is 1. The lowest BCUT2D eigenvalue weighted by Gasteiger charge is -2.13. The number of nitrogens with one attached hydrogen (secondary N) is 2. The Morgan fingerprint density at radius 3 is 2.15 bits per heavy atom. The first-order valence-corrected chi connectivity index (χ1v) is 7.67. The van der Waals surface area contributed by atoms with Gasteiger partial charge >= 0.3 is 0 Å². The maximum atomic E-state index is 5.31. The van der Waals surface area contributed by atoms with Crippen LogP contribution < -0.4 is 10.7 Å². The number of hydrogen-bond donors (Lipinski definition) is 2. The molecule has 2 N–H and O–H groups in total. The zero-order valence-electron chi connectivity index (χ0n) is 12.9. The number of para-hydroxylation sites is 1. The molecule has 0 saturated carbocycles. The van der Waals surface area contributed by atoms with E-state index in [0.29, 0.717) is 5.11 Å². The monoisotopic (exact) mass is 291 g/mol. The van der Waals surface area contributed by atoms with Gasteiger partial charge in [-0.05, 0) is 50.0 Å². The molecule has 0 saturated heterocycles. The van der Waals surface area contributed by atoms with Crippen LogP contribution in [-0.4, -0.2) is 10.8 Å². The summed E-state index contributed by atoms with van der Waals surface area (Å²) in [7, 11) is 0. The van der Waals surface area contributed by atoms with Crippen LogP contribution in [0, 0.1) is 13.8 Å². The van der Waals surface area contributed by atoms with Crippen LogP contribution in [0.4, 0.5) is 5.69 Å². The highest BCUT2D eigenvalue weighted by atomic mass is 32.1. The van der Waals surface area contributed by atoms with Crippen molar-refractivity contribution in [3.63, 3.8) is 0 Å². The van der Waals surface area contributed by atoms with Crippen molar-refractivity contribution in [3.8, 4) is 0 Å². The first kappa shape index (κ1) is 16.6. The molecule has 4 heteroatoms. The van der Waals surface area contributed by atoms with Gasteiger partial charge in [0.15, 0.2) is 5.11 Å².